The van der Waals surface area contributed by atoms with E-state index in [-0.39, 0.29) is 0 Å². The number of rotatable bonds is 5. The van der Waals surface area contributed by atoms with Gasteiger partial charge in [-0.25, -0.2) is 0 Å². The van der Waals surface area contributed by atoms with Crippen LogP contribution in [0, 0.1) is 0 Å². The summed E-state index contributed by atoms with van der Waals surface area (Å²) in [5, 5.41) is 2.67. The number of benzene rings is 3. The maximum absolute atomic E-state index is 2.57. The van der Waals surface area contributed by atoms with Crippen LogP contribution in [0.25, 0.3) is 16.8 Å². The van der Waals surface area contributed by atoms with Crippen LogP contribution in [0.3, 0.4) is 0 Å². The molecule has 0 radical (unpaired) electrons. The molecule has 1 saturated heterocycles. The Morgan fingerprint density at radius 1 is 0.692 bits per heavy atom. The molecule has 4 rings (SSSR count). The van der Waals surface area contributed by atoms with Crippen molar-refractivity contribution in [2.24, 2.45) is 0 Å². The van der Waals surface area contributed by atoms with E-state index in [4.69, 9.17) is 0 Å². The van der Waals surface area contributed by atoms with Crippen molar-refractivity contribution in [1.82, 2.24) is 9.80 Å². The van der Waals surface area contributed by atoms with Gasteiger partial charge < -0.3 is 0 Å². The standard InChI is InChI=1S/C24H26N2/c1-2-7-21(8-3-1)9-6-14-25-15-17-26(18-16-25)20-22-12-13-23-10-4-5-11-24(23)19-22/h1-13,19H,14-18,20H2. The molecule has 0 amide bonds. The largest absolute Gasteiger partial charge is 0.297 e. The molecule has 2 nitrogen and oxygen atoms in total. The van der Waals surface area contributed by atoms with E-state index in [0.29, 0.717) is 0 Å². The molecule has 0 unspecified atom stereocenters. The van der Waals surface area contributed by atoms with Crippen molar-refractivity contribution in [3.63, 3.8) is 0 Å². The minimum absolute atomic E-state index is 1.04. The molecule has 0 spiro atoms. The summed E-state index contributed by atoms with van der Waals surface area (Å²) in [6.07, 6.45) is 4.51. The average molecular weight is 342 g/mol. The predicted molar refractivity (Wildman–Crippen MR) is 111 cm³/mol. The predicted octanol–water partition coefficient (Wildman–Crippen LogP) is 4.67. The van der Waals surface area contributed by atoms with Crippen molar-refractivity contribution < 1.29 is 0 Å². The van der Waals surface area contributed by atoms with Crippen LogP contribution < -0.4 is 0 Å². The van der Waals surface area contributed by atoms with Gasteiger partial charge in [0, 0.05) is 39.3 Å². The Morgan fingerprint density at radius 3 is 2.19 bits per heavy atom. The van der Waals surface area contributed by atoms with Crippen LogP contribution in [-0.4, -0.2) is 42.5 Å². The highest BCUT2D eigenvalue weighted by Gasteiger charge is 2.15. The van der Waals surface area contributed by atoms with Gasteiger partial charge in [-0.05, 0) is 28.0 Å². The molecule has 3 aromatic rings. The fourth-order valence-corrected chi connectivity index (χ4v) is 3.63. The first-order valence-corrected chi connectivity index (χ1v) is 9.51. The molecule has 0 N–H and O–H groups in total. The third-order valence-corrected chi connectivity index (χ3v) is 5.16. The number of hydrogen-bond acceptors (Lipinski definition) is 2. The van der Waals surface area contributed by atoms with E-state index < -0.39 is 0 Å². The summed E-state index contributed by atoms with van der Waals surface area (Å²) < 4.78 is 0. The summed E-state index contributed by atoms with van der Waals surface area (Å²) in [6.45, 7) is 6.68. The molecular weight excluding hydrogens is 316 g/mol. The van der Waals surface area contributed by atoms with E-state index in [0.717, 1.165) is 39.3 Å². The maximum Gasteiger partial charge on any atom is 0.0235 e. The maximum atomic E-state index is 2.57. The van der Waals surface area contributed by atoms with E-state index in [2.05, 4.69) is 94.7 Å². The highest BCUT2D eigenvalue weighted by molar-refractivity contribution is 5.82. The van der Waals surface area contributed by atoms with Crippen molar-refractivity contribution in [3.8, 4) is 0 Å². The van der Waals surface area contributed by atoms with Gasteiger partial charge in [-0.3, -0.25) is 9.80 Å². The molecule has 2 heteroatoms. The summed E-state index contributed by atoms with van der Waals surface area (Å²) in [5.41, 5.74) is 2.70. The van der Waals surface area contributed by atoms with E-state index in [1.54, 1.807) is 0 Å². The number of piperazine rings is 1. The molecule has 0 aromatic heterocycles. The lowest BCUT2D eigenvalue weighted by atomic mass is 10.1. The van der Waals surface area contributed by atoms with Crippen LogP contribution in [0.15, 0.2) is 78.9 Å². The van der Waals surface area contributed by atoms with Gasteiger partial charge in [0.2, 0.25) is 0 Å². The third kappa shape index (κ3) is 4.40. The molecule has 1 fully saturated rings. The van der Waals surface area contributed by atoms with Gasteiger partial charge in [0.15, 0.2) is 0 Å². The summed E-state index contributed by atoms with van der Waals surface area (Å²) in [5.74, 6) is 0. The second kappa shape index (κ2) is 8.31. The zero-order chi connectivity index (χ0) is 17.6. The van der Waals surface area contributed by atoms with Gasteiger partial charge in [0.05, 0.1) is 0 Å². The summed E-state index contributed by atoms with van der Waals surface area (Å²) >= 11 is 0. The molecule has 26 heavy (non-hydrogen) atoms. The fourth-order valence-electron chi connectivity index (χ4n) is 3.63. The van der Waals surface area contributed by atoms with Crippen molar-refractivity contribution in [3.05, 3.63) is 90.0 Å². The molecule has 1 aliphatic rings. The van der Waals surface area contributed by atoms with Crippen LogP contribution in [0.1, 0.15) is 11.1 Å². The van der Waals surface area contributed by atoms with Crippen molar-refractivity contribution in [2.75, 3.05) is 32.7 Å². The molecule has 3 aromatic carbocycles. The molecule has 0 aliphatic carbocycles. The van der Waals surface area contributed by atoms with Crippen LogP contribution in [0.2, 0.25) is 0 Å². The Balaban J connectivity index is 1.27. The lowest BCUT2D eigenvalue weighted by Crippen LogP contribution is -2.45. The highest BCUT2D eigenvalue weighted by atomic mass is 15.3. The molecule has 0 bridgehead atoms. The van der Waals surface area contributed by atoms with Crippen LogP contribution in [-0.2, 0) is 6.54 Å². The Kier molecular flexibility index (Phi) is 5.44. The minimum Gasteiger partial charge on any atom is -0.297 e. The second-order valence-corrected chi connectivity index (χ2v) is 7.07. The van der Waals surface area contributed by atoms with E-state index in [9.17, 15) is 0 Å². The summed E-state index contributed by atoms with van der Waals surface area (Å²) in [6, 6.07) is 26.0. The Labute approximate surface area is 156 Å². The second-order valence-electron chi connectivity index (χ2n) is 7.07. The van der Waals surface area contributed by atoms with E-state index in [1.807, 2.05) is 0 Å². The molecule has 0 atom stereocenters. The van der Waals surface area contributed by atoms with Gasteiger partial charge in [0.25, 0.3) is 0 Å². The lowest BCUT2D eigenvalue weighted by molar-refractivity contribution is 0.137. The first-order chi connectivity index (χ1) is 12.9. The average Bonchev–Trinajstić information content (AvgIpc) is 2.70. The lowest BCUT2D eigenvalue weighted by Gasteiger charge is -2.34. The first kappa shape index (κ1) is 17.0. The number of nitrogens with zero attached hydrogens (tertiary/aromatic N) is 2. The van der Waals surface area contributed by atoms with Gasteiger partial charge in [0.1, 0.15) is 0 Å². The Hall–Kier alpha value is -2.42. The van der Waals surface area contributed by atoms with Crippen molar-refractivity contribution >= 4 is 16.8 Å². The first-order valence-electron chi connectivity index (χ1n) is 9.51. The van der Waals surface area contributed by atoms with Gasteiger partial charge in [-0.1, -0.05) is 78.9 Å². The normalized spacial score (nSPS) is 16.5. The zero-order valence-electron chi connectivity index (χ0n) is 15.2. The monoisotopic (exact) mass is 342 g/mol. The fraction of sp³-hybridized carbons (Fsp3) is 0.250. The third-order valence-electron chi connectivity index (χ3n) is 5.16. The van der Waals surface area contributed by atoms with Crippen LogP contribution >= 0.6 is 0 Å². The van der Waals surface area contributed by atoms with Crippen LogP contribution in [0.5, 0.6) is 0 Å². The summed E-state index contributed by atoms with van der Waals surface area (Å²) in [7, 11) is 0. The molecule has 1 aliphatic heterocycles. The minimum atomic E-state index is 1.04. The van der Waals surface area contributed by atoms with Crippen molar-refractivity contribution in [1.29, 1.82) is 0 Å². The molecule has 1 heterocycles. The number of fused-ring (bicyclic) bond motifs is 1. The Bertz CT molecular complexity index is 862. The summed E-state index contributed by atoms with van der Waals surface area (Å²) in [4.78, 5) is 5.11. The smallest absolute Gasteiger partial charge is 0.0235 e. The number of hydrogen-bond donors (Lipinski definition) is 0. The molecule has 0 saturated carbocycles. The molecule has 132 valence electrons. The Morgan fingerprint density at radius 2 is 1.38 bits per heavy atom. The van der Waals surface area contributed by atoms with Gasteiger partial charge in [-0.2, -0.15) is 0 Å². The molecular formula is C24H26N2. The topological polar surface area (TPSA) is 6.48 Å². The van der Waals surface area contributed by atoms with Gasteiger partial charge >= 0.3 is 0 Å². The van der Waals surface area contributed by atoms with Crippen molar-refractivity contribution in [2.45, 2.75) is 6.54 Å². The van der Waals surface area contributed by atoms with E-state index in [1.165, 1.54) is 21.9 Å². The van der Waals surface area contributed by atoms with Crippen LogP contribution in [0.4, 0.5) is 0 Å². The highest BCUT2D eigenvalue weighted by Crippen LogP contribution is 2.17. The quantitative estimate of drug-likeness (QED) is 0.665. The zero-order valence-corrected chi connectivity index (χ0v) is 15.2. The SMILES string of the molecule is C(=Cc1ccccc1)CN1CCN(Cc2ccc3ccccc3c2)CC1. The van der Waals surface area contributed by atoms with Gasteiger partial charge in [-0.15, -0.1) is 0 Å². The van der Waals surface area contributed by atoms with E-state index >= 15 is 0 Å².